The lowest BCUT2D eigenvalue weighted by Crippen LogP contribution is -2.68. The van der Waals surface area contributed by atoms with Crippen molar-refractivity contribution in [3.8, 4) is 0 Å². The summed E-state index contributed by atoms with van der Waals surface area (Å²) in [6.45, 7) is 0.829. The van der Waals surface area contributed by atoms with Crippen molar-refractivity contribution in [2.45, 2.75) is 19.1 Å². The first-order valence-electron chi connectivity index (χ1n) is 8.94. The van der Waals surface area contributed by atoms with Gasteiger partial charge in [-0.1, -0.05) is 97.9 Å². The molecule has 2 nitrogen and oxygen atoms in total. The van der Waals surface area contributed by atoms with E-state index in [0.717, 1.165) is 0 Å². The third-order valence-electron chi connectivity index (χ3n) is 5.63. The monoisotopic (exact) mass is 328 g/mol. The summed E-state index contributed by atoms with van der Waals surface area (Å²) < 4.78 is 6.92. The van der Waals surface area contributed by atoms with Gasteiger partial charge in [-0.3, -0.25) is 0 Å². The third kappa shape index (κ3) is 2.60. The van der Waals surface area contributed by atoms with Gasteiger partial charge in [0, 0.05) is 0 Å². The second-order valence-corrected chi connectivity index (χ2v) is 6.94. The van der Waals surface area contributed by atoms with Crippen LogP contribution >= 0.6 is 0 Å². The van der Waals surface area contributed by atoms with Crippen molar-refractivity contribution in [1.82, 2.24) is 4.81 Å². The molecule has 0 saturated carbocycles. The number of rotatable bonds is 3. The van der Waals surface area contributed by atoms with Crippen LogP contribution in [0.25, 0.3) is 0 Å². The molecule has 1 heterocycles. The first-order chi connectivity index (χ1) is 12.2. The molecule has 0 amide bonds. The summed E-state index contributed by atoms with van der Waals surface area (Å²) in [6.07, 6.45) is 0.0478. The van der Waals surface area contributed by atoms with E-state index in [1.54, 1.807) is 0 Å². The number of benzene rings is 3. The quantitative estimate of drug-likeness (QED) is 0.684. The highest BCUT2D eigenvalue weighted by molar-refractivity contribution is 6.95. The Bertz CT molecular complexity index is 783. The lowest BCUT2D eigenvalue weighted by molar-refractivity contribution is 0.208. The molecule has 126 valence electrons. The number of likely N-dealkylation sites (N-methyl/N-ethyl adjacent to an activating group) is 1. The van der Waals surface area contributed by atoms with Gasteiger partial charge in [0.25, 0.3) is 0 Å². The molecule has 3 aromatic rings. The van der Waals surface area contributed by atoms with Crippen molar-refractivity contribution in [3.05, 3.63) is 96.6 Å². The Labute approximate surface area is 150 Å². The summed E-state index contributed by atoms with van der Waals surface area (Å²) in [5, 5.41) is 0. The molecule has 0 bridgehead atoms. The van der Waals surface area contributed by atoms with E-state index in [2.05, 4.69) is 110 Å². The molecule has 1 fully saturated rings. The van der Waals surface area contributed by atoms with Gasteiger partial charge in [0.15, 0.2) is 0 Å². The van der Waals surface area contributed by atoms with Crippen molar-refractivity contribution in [1.29, 1.82) is 0 Å². The predicted molar refractivity (Wildman–Crippen MR) is 105 cm³/mol. The van der Waals surface area contributed by atoms with Crippen LogP contribution < -0.4 is 10.9 Å². The molecule has 0 aromatic heterocycles. The second kappa shape index (κ2) is 6.51. The maximum atomic E-state index is 6.92. The maximum absolute atomic E-state index is 6.92. The lowest BCUT2D eigenvalue weighted by atomic mass is 9.41. The van der Waals surface area contributed by atoms with Gasteiger partial charge in [0.05, 0.1) is 6.10 Å². The van der Waals surface area contributed by atoms with Crippen LogP contribution in [0.1, 0.15) is 18.6 Å². The summed E-state index contributed by atoms with van der Waals surface area (Å²) in [7, 11) is 2.19. The molecule has 1 aliphatic rings. The summed E-state index contributed by atoms with van der Waals surface area (Å²) >= 11 is 0. The minimum absolute atomic E-state index is 0.0478. The van der Waals surface area contributed by atoms with E-state index in [9.17, 15) is 0 Å². The Hall–Kier alpha value is -2.36. The largest absolute Gasteiger partial charge is 0.563 e. The van der Waals surface area contributed by atoms with E-state index in [4.69, 9.17) is 4.65 Å². The Balaban J connectivity index is 1.87. The Morgan fingerprint density at radius 3 is 1.64 bits per heavy atom. The van der Waals surface area contributed by atoms with Gasteiger partial charge in [-0.2, -0.15) is 10.9 Å². The molecule has 0 spiro atoms. The topological polar surface area (TPSA) is 12.5 Å². The number of hydrogen-bond donors (Lipinski definition) is 0. The molecule has 2 atom stereocenters. The number of nitrogens with zero attached hydrogens (tertiary/aromatic N) is 1. The van der Waals surface area contributed by atoms with Crippen LogP contribution in [0.5, 0.6) is 0 Å². The fourth-order valence-electron chi connectivity index (χ4n) is 4.21. The highest BCUT2D eigenvalue weighted by atomic mass is 16.5. The van der Waals surface area contributed by atoms with Gasteiger partial charge >= 0.3 is 0 Å². The van der Waals surface area contributed by atoms with Crippen LogP contribution in [0.15, 0.2) is 91.0 Å². The standard InChI is InChI=1S/C22H23BNO/c1-18-22(19-12-6-3-7-13-19)25-23(24(18)2,20-14-8-4-9-15-20)21-16-10-5-11-17-21/h3-18,22H,1-2H3/q-1/t18-,22-/m0/s1. The normalized spacial score (nSPS) is 22.8. The minimum atomic E-state index is -1.43. The van der Waals surface area contributed by atoms with Crippen molar-refractivity contribution in [2.75, 3.05) is 7.05 Å². The first-order valence-corrected chi connectivity index (χ1v) is 8.94. The molecular weight excluding hydrogens is 305 g/mol. The van der Waals surface area contributed by atoms with Crippen LogP contribution in [0.4, 0.5) is 0 Å². The van der Waals surface area contributed by atoms with Crippen molar-refractivity contribution in [2.24, 2.45) is 0 Å². The fraction of sp³-hybridized carbons (Fsp3) is 0.182. The smallest absolute Gasteiger partial charge is 0.242 e. The average molecular weight is 328 g/mol. The summed E-state index contributed by atoms with van der Waals surface area (Å²) in [6, 6.07) is 32.1. The molecule has 4 rings (SSSR count). The van der Waals surface area contributed by atoms with Gasteiger partial charge in [-0.05, 0) is 18.7 Å². The van der Waals surface area contributed by atoms with E-state index in [0.29, 0.717) is 0 Å². The fourth-order valence-corrected chi connectivity index (χ4v) is 4.21. The summed E-state index contributed by atoms with van der Waals surface area (Å²) in [4.78, 5) is 2.42. The summed E-state index contributed by atoms with van der Waals surface area (Å²) in [5.74, 6) is 0. The van der Waals surface area contributed by atoms with E-state index in [1.807, 2.05) is 0 Å². The van der Waals surface area contributed by atoms with Crippen molar-refractivity contribution in [3.63, 3.8) is 0 Å². The molecule has 1 saturated heterocycles. The molecule has 0 aliphatic carbocycles. The zero-order valence-electron chi connectivity index (χ0n) is 14.7. The summed E-state index contributed by atoms with van der Waals surface area (Å²) in [5.41, 5.74) is 3.68. The highest BCUT2D eigenvalue weighted by Gasteiger charge is 2.45. The molecule has 0 radical (unpaired) electrons. The van der Waals surface area contributed by atoms with Gasteiger partial charge in [0.2, 0.25) is 6.48 Å². The minimum Gasteiger partial charge on any atom is -0.563 e. The van der Waals surface area contributed by atoms with Crippen LogP contribution in [-0.2, 0) is 4.65 Å². The molecule has 1 aliphatic heterocycles. The Morgan fingerprint density at radius 2 is 1.16 bits per heavy atom. The average Bonchev–Trinajstić information content (AvgIpc) is 2.96. The van der Waals surface area contributed by atoms with Gasteiger partial charge in [-0.15, -0.1) is 0 Å². The molecular formula is C22H23BNO-. The molecule has 25 heavy (non-hydrogen) atoms. The highest BCUT2D eigenvalue weighted by Crippen LogP contribution is 2.37. The number of hydrogen-bond acceptors (Lipinski definition) is 2. The maximum Gasteiger partial charge on any atom is 0.242 e. The van der Waals surface area contributed by atoms with Crippen LogP contribution in [0.2, 0.25) is 0 Å². The van der Waals surface area contributed by atoms with Crippen molar-refractivity contribution >= 4 is 17.4 Å². The van der Waals surface area contributed by atoms with Crippen LogP contribution in [0, 0.1) is 0 Å². The first kappa shape index (κ1) is 16.1. The van der Waals surface area contributed by atoms with Crippen LogP contribution in [-0.4, -0.2) is 24.4 Å². The zero-order chi connectivity index (χ0) is 17.3. The van der Waals surface area contributed by atoms with Crippen molar-refractivity contribution < 1.29 is 4.65 Å². The molecule has 3 aromatic carbocycles. The van der Waals surface area contributed by atoms with Gasteiger partial charge in [-0.25, -0.2) is 0 Å². The molecule has 0 unspecified atom stereocenters. The third-order valence-corrected chi connectivity index (χ3v) is 5.63. The SMILES string of the molecule is C[C@H]1[C@@H](c2ccccc2)O[B-](c2ccccc2)(c2ccccc2)N1C. The van der Waals surface area contributed by atoms with Gasteiger partial charge < -0.3 is 9.47 Å². The lowest BCUT2D eigenvalue weighted by Gasteiger charge is -2.45. The molecule has 3 heteroatoms. The molecule has 0 N–H and O–H groups in total. The van der Waals surface area contributed by atoms with Gasteiger partial charge in [0.1, 0.15) is 0 Å². The zero-order valence-corrected chi connectivity index (χ0v) is 14.7. The van der Waals surface area contributed by atoms with E-state index >= 15 is 0 Å². The Morgan fingerprint density at radius 1 is 0.720 bits per heavy atom. The van der Waals surface area contributed by atoms with E-state index < -0.39 is 6.48 Å². The van der Waals surface area contributed by atoms with E-state index in [-0.39, 0.29) is 12.1 Å². The second-order valence-electron chi connectivity index (χ2n) is 6.94. The predicted octanol–water partition coefficient (Wildman–Crippen LogP) is 3.33. The Kier molecular flexibility index (Phi) is 4.20. The van der Waals surface area contributed by atoms with Crippen LogP contribution in [0.3, 0.4) is 0 Å². The van der Waals surface area contributed by atoms with E-state index in [1.165, 1.54) is 16.5 Å².